The summed E-state index contributed by atoms with van der Waals surface area (Å²) in [6.45, 7) is 12.9. The minimum atomic E-state index is -0.395. The summed E-state index contributed by atoms with van der Waals surface area (Å²) in [5.74, 6) is 0.840. The van der Waals surface area contributed by atoms with Gasteiger partial charge in [-0.2, -0.15) is 0 Å². The van der Waals surface area contributed by atoms with Gasteiger partial charge >= 0.3 is 7.12 Å². The molecule has 0 spiro atoms. The quantitative estimate of drug-likeness (QED) is 0.766. The molecule has 3 aliphatic rings. The van der Waals surface area contributed by atoms with E-state index in [9.17, 15) is 0 Å². The van der Waals surface area contributed by atoms with E-state index in [2.05, 4.69) is 47.5 Å². The fourth-order valence-electron chi connectivity index (χ4n) is 4.13. The van der Waals surface area contributed by atoms with Gasteiger partial charge in [0.15, 0.2) is 0 Å². The van der Waals surface area contributed by atoms with E-state index in [-0.39, 0.29) is 11.2 Å². The smallest absolute Gasteiger partial charge is 0.399 e. The van der Waals surface area contributed by atoms with Gasteiger partial charge in [-0.15, -0.1) is 0 Å². The van der Waals surface area contributed by atoms with Crippen molar-refractivity contribution in [2.24, 2.45) is 0 Å². The molecule has 3 saturated heterocycles. The van der Waals surface area contributed by atoms with E-state index < -0.39 is 7.12 Å². The SMILES string of the molecule is CC1(C)OB(c2cnc(N3CCC[C@@H]3CN3CCCC3)nc2)OC1(C)C. The van der Waals surface area contributed by atoms with Crippen LogP contribution in [0.3, 0.4) is 0 Å². The molecular formula is C19H31BN4O2. The Labute approximate surface area is 157 Å². The minimum Gasteiger partial charge on any atom is -0.399 e. The van der Waals surface area contributed by atoms with Gasteiger partial charge in [-0.1, -0.05) is 0 Å². The van der Waals surface area contributed by atoms with E-state index in [4.69, 9.17) is 9.31 Å². The van der Waals surface area contributed by atoms with Crippen LogP contribution >= 0.6 is 0 Å². The Morgan fingerprint density at radius 2 is 1.62 bits per heavy atom. The summed E-state index contributed by atoms with van der Waals surface area (Å²) < 4.78 is 12.2. The number of likely N-dealkylation sites (tertiary alicyclic amines) is 1. The van der Waals surface area contributed by atoms with Crippen LogP contribution in [0.2, 0.25) is 0 Å². The van der Waals surface area contributed by atoms with Gasteiger partial charge in [-0.25, -0.2) is 9.97 Å². The second-order valence-electron chi connectivity index (χ2n) is 8.90. The Morgan fingerprint density at radius 1 is 1.00 bits per heavy atom. The first-order valence-corrected chi connectivity index (χ1v) is 10.0. The lowest BCUT2D eigenvalue weighted by Gasteiger charge is -2.32. The Morgan fingerprint density at radius 3 is 2.23 bits per heavy atom. The fourth-order valence-corrected chi connectivity index (χ4v) is 4.13. The second-order valence-corrected chi connectivity index (χ2v) is 8.90. The molecule has 0 aliphatic carbocycles. The highest BCUT2D eigenvalue weighted by molar-refractivity contribution is 6.61. The molecule has 1 aromatic rings. The molecule has 1 aromatic heterocycles. The summed E-state index contributed by atoms with van der Waals surface area (Å²) in [6.07, 6.45) is 8.88. The summed E-state index contributed by atoms with van der Waals surface area (Å²) >= 11 is 0. The Bertz CT molecular complexity index is 615. The highest BCUT2D eigenvalue weighted by Crippen LogP contribution is 2.36. The van der Waals surface area contributed by atoms with Crippen LogP contribution in [0.15, 0.2) is 12.4 Å². The van der Waals surface area contributed by atoms with E-state index >= 15 is 0 Å². The summed E-state index contributed by atoms with van der Waals surface area (Å²) in [7, 11) is -0.395. The van der Waals surface area contributed by atoms with Crippen molar-refractivity contribution < 1.29 is 9.31 Å². The van der Waals surface area contributed by atoms with Gasteiger partial charge in [0.2, 0.25) is 5.95 Å². The third-order valence-corrected chi connectivity index (χ3v) is 6.49. The lowest BCUT2D eigenvalue weighted by Crippen LogP contribution is -2.41. The van der Waals surface area contributed by atoms with Crippen LogP contribution in [-0.4, -0.2) is 65.4 Å². The summed E-state index contributed by atoms with van der Waals surface area (Å²) in [4.78, 5) is 14.3. The van der Waals surface area contributed by atoms with Crippen molar-refractivity contribution in [2.75, 3.05) is 31.1 Å². The molecule has 0 aromatic carbocycles. The zero-order valence-corrected chi connectivity index (χ0v) is 16.6. The second kappa shape index (κ2) is 6.77. The predicted molar refractivity (Wildman–Crippen MR) is 104 cm³/mol. The van der Waals surface area contributed by atoms with Crippen LogP contribution in [0.5, 0.6) is 0 Å². The molecular weight excluding hydrogens is 327 g/mol. The normalized spacial score (nSPS) is 28.2. The Kier molecular flexibility index (Phi) is 4.74. The number of hydrogen-bond acceptors (Lipinski definition) is 6. The first kappa shape index (κ1) is 18.2. The van der Waals surface area contributed by atoms with Crippen LogP contribution in [0, 0.1) is 0 Å². The number of hydrogen-bond donors (Lipinski definition) is 0. The van der Waals surface area contributed by atoms with Crippen molar-refractivity contribution in [2.45, 2.75) is 70.6 Å². The maximum atomic E-state index is 6.10. The third-order valence-electron chi connectivity index (χ3n) is 6.49. The molecule has 0 unspecified atom stereocenters. The van der Waals surface area contributed by atoms with Gasteiger partial charge in [-0.3, -0.25) is 0 Å². The Balaban J connectivity index is 1.44. The van der Waals surface area contributed by atoms with E-state index in [1.807, 2.05) is 12.4 Å². The predicted octanol–water partition coefficient (Wildman–Crippen LogP) is 1.84. The fraction of sp³-hybridized carbons (Fsp3) is 0.789. The molecule has 0 bridgehead atoms. The highest BCUT2D eigenvalue weighted by Gasteiger charge is 2.52. The number of rotatable bonds is 4. The zero-order chi connectivity index (χ0) is 18.4. The van der Waals surface area contributed by atoms with E-state index in [0.29, 0.717) is 6.04 Å². The van der Waals surface area contributed by atoms with Gasteiger partial charge in [0.1, 0.15) is 0 Å². The molecule has 0 amide bonds. The van der Waals surface area contributed by atoms with Crippen molar-refractivity contribution in [3.63, 3.8) is 0 Å². The van der Waals surface area contributed by atoms with Crippen molar-refractivity contribution >= 4 is 18.5 Å². The molecule has 7 heteroatoms. The van der Waals surface area contributed by atoms with E-state index in [1.54, 1.807) is 0 Å². The van der Waals surface area contributed by atoms with E-state index in [1.165, 1.54) is 38.8 Å². The van der Waals surface area contributed by atoms with Gasteiger partial charge < -0.3 is 19.1 Å². The zero-order valence-electron chi connectivity index (χ0n) is 16.6. The first-order chi connectivity index (χ1) is 12.4. The van der Waals surface area contributed by atoms with Crippen molar-refractivity contribution in [1.29, 1.82) is 0 Å². The van der Waals surface area contributed by atoms with Crippen molar-refractivity contribution in [3.8, 4) is 0 Å². The first-order valence-electron chi connectivity index (χ1n) is 10.0. The molecule has 3 aliphatic heterocycles. The molecule has 4 heterocycles. The summed E-state index contributed by atoms with van der Waals surface area (Å²) in [5.41, 5.74) is 0.209. The average Bonchev–Trinajstić information content (AvgIpc) is 3.30. The number of anilines is 1. The van der Waals surface area contributed by atoms with Gasteiger partial charge in [0, 0.05) is 37.0 Å². The lowest BCUT2D eigenvalue weighted by molar-refractivity contribution is 0.00578. The van der Waals surface area contributed by atoms with Crippen LogP contribution in [0.25, 0.3) is 0 Å². The van der Waals surface area contributed by atoms with Gasteiger partial charge in [-0.05, 0) is 66.5 Å². The maximum absolute atomic E-state index is 6.10. The van der Waals surface area contributed by atoms with Crippen LogP contribution < -0.4 is 10.4 Å². The molecule has 0 radical (unpaired) electrons. The van der Waals surface area contributed by atoms with Gasteiger partial charge in [0.05, 0.1) is 11.2 Å². The highest BCUT2D eigenvalue weighted by atomic mass is 16.7. The molecule has 0 N–H and O–H groups in total. The molecule has 4 rings (SSSR count). The van der Waals surface area contributed by atoms with Crippen LogP contribution in [0.1, 0.15) is 53.4 Å². The summed E-state index contributed by atoms with van der Waals surface area (Å²) in [5, 5.41) is 0. The number of nitrogens with zero attached hydrogens (tertiary/aromatic N) is 4. The summed E-state index contributed by atoms with van der Waals surface area (Å²) in [6, 6.07) is 0.538. The van der Waals surface area contributed by atoms with Crippen LogP contribution in [-0.2, 0) is 9.31 Å². The largest absolute Gasteiger partial charge is 0.498 e. The molecule has 0 saturated carbocycles. The molecule has 6 nitrogen and oxygen atoms in total. The molecule has 142 valence electrons. The number of aromatic nitrogens is 2. The minimum absolute atomic E-state index is 0.341. The third kappa shape index (κ3) is 3.37. The topological polar surface area (TPSA) is 50.7 Å². The Hall–Kier alpha value is -1.18. The van der Waals surface area contributed by atoms with Crippen molar-refractivity contribution in [1.82, 2.24) is 14.9 Å². The van der Waals surface area contributed by atoms with Crippen LogP contribution in [0.4, 0.5) is 5.95 Å². The maximum Gasteiger partial charge on any atom is 0.498 e. The van der Waals surface area contributed by atoms with Crippen molar-refractivity contribution in [3.05, 3.63) is 12.4 Å². The van der Waals surface area contributed by atoms with Gasteiger partial charge in [0.25, 0.3) is 0 Å². The van der Waals surface area contributed by atoms with E-state index in [0.717, 1.165) is 24.5 Å². The lowest BCUT2D eigenvalue weighted by atomic mass is 9.81. The molecule has 3 fully saturated rings. The standard InChI is InChI=1S/C19H31BN4O2/c1-18(2)19(3,4)26-20(25-18)15-12-21-17(22-13-15)24-11-7-8-16(24)14-23-9-5-6-10-23/h12-13,16H,5-11,14H2,1-4H3/t16-/m1/s1. The molecule has 1 atom stereocenters. The average molecular weight is 358 g/mol. The molecule has 26 heavy (non-hydrogen) atoms. The monoisotopic (exact) mass is 358 g/mol.